The van der Waals surface area contributed by atoms with Gasteiger partial charge in [0.25, 0.3) is 0 Å². The first-order chi connectivity index (χ1) is 12.6. The zero-order chi connectivity index (χ0) is 18.5. The van der Waals surface area contributed by atoms with Gasteiger partial charge in [0, 0.05) is 34.7 Å². The molecule has 5 nitrogen and oxygen atoms in total. The van der Waals surface area contributed by atoms with Crippen LogP contribution >= 0.6 is 11.8 Å². The van der Waals surface area contributed by atoms with E-state index in [9.17, 15) is 14.0 Å². The minimum absolute atomic E-state index is 0.169. The summed E-state index contributed by atoms with van der Waals surface area (Å²) in [6.07, 6.45) is 0. The highest BCUT2D eigenvalue weighted by atomic mass is 32.2. The molecule has 0 atom stereocenters. The molecule has 0 bridgehead atoms. The first-order valence-electron chi connectivity index (χ1n) is 7.89. The van der Waals surface area contributed by atoms with Gasteiger partial charge < -0.3 is 15.0 Å². The molecule has 0 aliphatic heterocycles. The molecule has 0 unspecified atom stereocenters. The van der Waals surface area contributed by atoms with Crippen LogP contribution in [0, 0.1) is 5.82 Å². The third kappa shape index (κ3) is 4.23. The molecule has 0 radical (unpaired) electrons. The zero-order valence-corrected chi connectivity index (χ0v) is 14.9. The Morgan fingerprint density at radius 3 is 2.85 bits per heavy atom. The fourth-order valence-corrected chi connectivity index (χ4v) is 3.25. The van der Waals surface area contributed by atoms with Crippen LogP contribution < -0.4 is 15.5 Å². The number of aromatic amines is 1. The predicted molar refractivity (Wildman–Crippen MR) is 102 cm³/mol. The molecule has 0 aliphatic rings. The second kappa shape index (κ2) is 8.05. The number of carbonyl (C=O) groups is 1. The van der Waals surface area contributed by atoms with E-state index in [0.717, 1.165) is 0 Å². The number of aromatic nitrogens is 1. The summed E-state index contributed by atoms with van der Waals surface area (Å²) in [7, 11) is 1.56. The van der Waals surface area contributed by atoms with E-state index in [2.05, 4.69) is 10.3 Å². The van der Waals surface area contributed by atoms with Gasteiger partial charge in [0.1, 0.15) is 11.6 Å². The number of para-hydroxylation sites is 1. The minimum atomic E-state index is -0.470. The number of H-pyrrole nitrogens is 1. The summed E-state index contributed by atoms with van der Waals surface area (Å²) < 4.78 is 19.0. The van der Waals surface area contributed by atoms with Crippen LogP contribution in [0.5, 0.6) is 5.75 Å². The summed E-state index contributed by atoms with van der Waals surface area (Å²) in [6, 6.07) is 12.9. The maximum atomic E-state index is 13.8. The highest BCUT2D eigenvalue weighted by molar-refractivity contribution is 7.99. The van der Waals surface area contributed by atoms with Crippen LogP contribution in [0.2, 0.25) is 0 Å². The van der Waals surface area contributed by atoms with Crippen LogP contribution in [-0.4, -0.2) is 23.8 Å². The van der Waals surface area contributed by atoms with E-state index in [4.69, 9.17) is 4.74 Å². The lowest BCUT2D eigenvalue weighted by molar-refractivity contribution is -0.113. The molecule has 1 heterocycles. The number of nitrogens with one attached hydrogen (secondary N) is 2. The first-order valence-corrected chi connectivity index (χ1v) is 9.04. The number of benzene rings is 2. The molecule has 1 amide bonds. The Morgan fingerprint density at radius 1 is 1.23 bits per heavy atom. The third-order valence-corrected chi connectivity index (χ3v) is 4.70. The van der Waals surface area contributed by atoms with Gasteiger partial charge in [-0.15, -0.1) is 11.8 Å². The molecule has 2 N–H and O–H groups in total. The Hall–Kier alpha value is -2.80. The van der Waals surface area contributed by atoms with Crippen molar-refractivity contribution in [2.24, 2.45) is 0 Å². The number of carbonyl (C=O) groups excluding carboxylic acids is 1. The summed E-state index contributed by atoms with van der Waals surface area (Å²) in [4.78, 5) is 27.0. The van der Waals surface area contributed by atoms with Crippen molar-refractivity contribution in [3.63, 3.8) is 0 Å². The zero-order valence-electron chi connectivity index (χ0n) is 14.0. The lowest BCUT2D eigenvalue weighted by Crippen LogP contribution is -2.14. The highest BCUT2D eigenvalue weighted by Gasteiger charge is 2.08. The maximum absolute atomic E-state index is 13.8. The maximum Gasteiger partial charge on any atom is 0.234 e. The first kappa shape index (κ1) is 18.0. The summed E-state index contributed by atoms with van der Waals surface area (Å²) in [6.45, 7) is 0. The number of rotatable bonds is 6. The molecule has 2 aromatic carbocycles. The van der Waals surface area contributed by atoms with Gasteiger partial charge in [-0.1, -0.05) is 12.1 Å². The van der Waals surface area contributed by atoms with Gasteiger partial charge in [-0.2, -0.15) is 0 Å². The SMILES string of the molecule is COc1cccc(NC(=O)CSCc2cc(=O)c3cccc(F)c3[nH]2)c1. The quantitative estimate of drug-likeness (QED) is 0.694. The van der Waals surface area contributed by atoms with Gasteiger partial charge in [-0.25, -0.2) is 4.39 Å². The van der Waals surface area contributed by atoms with Crippen molar-refractivity contribution in [3.05, 3.63) is 70.3 Å². The molecule has 3 rings (SSSR count). The van der Waals surface area contributed by atoms with Crippen molar-refractivity contribution >= 4 is 34.3 Å². The number of pyridine rings is 1. The molecule has 0 aliphatic carbocycles. The second-order valence-electron chi connectivity index (χ2n) is 5.59. The normalized spacial score (nSPS) is 10.7. The number of fused-ring (bicyclic) bond motifs is 1. The van der Waals surface area contributed by atoms with Gasteiger partial charge in [-0.3, -0.25) is 9.59 Å². The number of hydrogen-bond acceptors (Lipinski definition) is 4. The van der Waals surface area contributed by atoms with E-state index in [1.807, 2.05) is 0 Å². The van der Waals surface area contributed by atoms with Crippen LogP contribution in [-0.2, 0) is 10.5 Å². The average molecular weight is 372 g/mol. The molecule has 0 fully saturated rings. The number of ether oxygens (including phenoxy) is 1. The topological polar surface area (TPSA) is 71.2 Å². The van der Waals surface area contributed by atoms with Crippen molar-refractivity contribution in [1.29, 1.82) is 0 Å². The molecule has 134 valence electrons. The average Bonchev–Trinajstić information content (AvgIpc) is 2.63. The van der Waals surface area contributed by atoms with Crippen LogP contribution in [0.3, 0.4) is 0 Å². The number of halogens is 1. The van der Waals surface area contributed by atoms with Gasteiger partial charge in [0.15, 0.2) is 5.43 Å². The molecule has 0 saturated carbocycles. The van der Waals surface area contributed by atoms with Gasteiger partial charge in [-0.05, 0) is 24.3 Å². The number of methoxy groups -OCH3 is 1. The second-order valence-corrected chi connectivity index (χ2v) is 6.58. The van der Waals surface area contributed by atoms with Crippen molar-refractivity contribution in [2.75, 3.05) is 18.2 Å². The van der Waals surface area contributed by atoms with E-state index in [-0.39, 0.29) is 22.6 Å². The van der Waals surface area contributed by atoms with Crippen LogP contribution in [0.1, 0.15) is 5.69 Å². The Kier molecular flexibility index (Phi) is 5.58. The third-order valence-electron chi connectivity index (χ3n) is 3.71. The molecule has 7 heteroatoms. The molecule has 3 aromatic rings. The molecular formula is C19H17FN2O3S. The van der Waals surface area contributed by atoms with Crippen LogP contribution in [0.25, 0.3) is 10.9 Å². The smallest absolute Gasteiger partial charge is 0.234 e. The number of amides is 1. The van der Waals surface area contributed by atoms with Crippen molar-refractivity contribution in [3.8, 4) is 5.75 Å². The van der Waals surface area contributed by atoms with E-state index in [1.54, 1.807) is 37.4 Å². The Bertz CT molecular complexity index is 1000. The van der Waals surface area contributed by atoms with E-state index >= 15 is 0 Å². The number of thioether (sulfide) groups is 1. The summed E-state index contributed by atoms with van der Waals surface area (Å²) in [5.41, 5.74) is 1.18. The monoisotopic (exact) mass is 372 g/mol. The van der Waals surface area contributed by atoms with Gasteiger partial charge in [0.2, 0.25) is 5.91 Å². The fourth-order valence-electron chi connectivity index (χ4n) is 2.52. The van der Waals surface area contributed by atoms with Gasteiger partial charge in [0.05, 0.1) is 18.4 Å². The summed E-state index contributed by atoms with van der Waals surface area (Å²) >= 11 is 1.33. The van der Waals surface area contributed by atoms with E-state index in [0.29, 0.717) is 28.3 Å². The minimum Gasteiger partial charge on any atom is -0.497 e. The number of hydrogen-bond donors (Lipinski definition) is 2. The highest BCUT2D eigenvalue weighted by Crippen LogP contribution is 2.18. The van der Waals surface area contributed by atoms with Gasteiger partial charge >= 0.3 is 0 Å². The molecular weight excluding hydrogens is 355 g/mol. The Labute approximate surface area is 153 Å². The predicted octanol–water partition coefficient (Wildman–Crippen LogP) is 3.55. The molecule has 1 aromatic heterocycles. The van der Waals surface area contributed by atoms with Crippen molar-refractivity contribution in [2.45, 2.75) is 5.75 Å². The Morgan fingerprint density at radius 2 is 2.04 bits per heavy atom. The standard InChI is InChI=1S/C19H17FN2O3S/c1-25-14-5-2-4-12(8-14)21-18(24)11-26-10-13-9-17(23)15-6-3-7-16(20)19(15)22-13/h2-9H,10-11H2,1H3,(H,21,24)(H,22,23). The van der Waals surface area contributed by atoms with Crippen molar-refractivity contribution < 1.29 is 13.9 Å². The van der Waals surface area contributed by atoms with Crippen LogP contribution in [0.4, 0.5) is 10.1 Å². The fraction of sp³-hybridized carbons (Fsp3) is 0.158. The molecule has 0 saturated heterocycles. The summed E-state index contributed by atoms with van der Waals surface area (Å²) in [5, 5.41) is 3.10. The van der Waals surface area contributed by atoms with Crippen molar-refractivity contribution in [1.82, 2.24) is 4.98 Å². The van der Waals surface area contributed by atoms with Crippen LogP contribution in [0.15, 0.2) is 53.3 Å². The molecule has 0 spiro atoms. The number of anilines is 1. The van der Waals surface area contributed by atoms with E-state index < -0.39 is 5.82 Å². The lowest BCUT2D eigenvalue weighted by Gasteiger charge is -2.08. The lowest BCUT2D eigenvalue weighted by atomic mass is 10.2. The molecule has 26 heavy (non-hydrogen) atoms. The summed E-state index contributed by atoms with van der Waals surface area (Å²) in [5.74, 6) is 0.616. The van der Waals surface area contributed by atoms with E-state index in [1.165, 1.54) is 30.0 Å². The Balaban J connectivity index is 1.61. The largest absolute Gasteiger partial charge is 0.497 e.